The highest BCUT2D eigenvalue weighted by molar-refractivity contribution is 5.79. The van der Waals surface area contributed by atoms with Crippen LogP contribution >= 0.6 is 0 Å². The summed E-state index contributed by atoms with van der Waals surface area (Å²) < 4.78 is 5.22. The van der Waals surface area contributed by atoms with E-state index in [0.29, 0.717) is 18.4 Å². The molecule has 2 heterocycles. The zero-order chi connectivity index (χ0) is 16.4. The lowest BCUT2D eigenvalue weighted by molar-refractivity contribution is -0.133. The first-order valence-corrected chi connectivity index (χ1v) is 8.71. The molecule has 1 spiro atoms. The molecule has 2 aliphatic rings. The number of hydrogen-bond acceptors (Lipinski definition) is 3. The van der Waals surface area contributed by atoms with E-state index in [2.05, 4.69) is 35.8 Å². The average Bonchev–Trinajstić information content (AvgIpc) is 2.85. The van der Waals surface area contributed by atoms with Crippen LogP contribution in [0.25, 0.3) is 0 Å². The number of ether oxygens (including phenoxy) is 1. The lowest BCUT2D eigenvalue weighted by atomic mass is 9.84. The molecule has 4 heteroatoms. The average molecular weight is 316 g/mol. The van der Waals surface area contributed by atoms with Crippen LogP contribution in [0, 0.1) is 0 Å². The van der Waals surface area contributed by atoms with Crippen LogP contribution in [-0.4, -0.2) is 47.5 Å². The highest BCUT2D eigenvalue weighted by atomic mass is 16.5. The number of hydrogen-bond donors (Lipinski definition) is 0. The number of nitrogens with zero attached hydrogens (tertiary/aromatic N) is 2. The van der Waals surface area contributed by atoms with Gasteiger partial charge in [0.1, 0.15) is 5.75 Å². The third-order valence-electron chi connectivity index (χ3n) is 5.64. The molecular formula is C19H28N2O2. The highest BCUT2D eigenvalue weighted by Crippen LogP contribution is 2.40. The van der Waals surface area contributed by atoms with E-state index < -0.39 is 0 Å². The zero-order valence-corrected chi connectivity index (χ0v) is 14.5. The van der Waals surface area contributed by atoms with Gasteiger partial charge in [-0.1, -0.05) is 12.1 Å². The second-order valence-corrected chi connectivity index (χ2v) is 7.18. The second-order valence-electron chi connectivity index (χ2n) is 7.18. The molecule has 2 saturated heterocycles. The van der Waals surface area contributed by atoms with Crippen molar-refractivity contribution < 1.29 is 9.53 Å². The Bertz CT molecular complexity index is 545. The minimum atomic E-state index is 0.0857. The van der Waals surface area contributed by atoms with E-state index in [0.717, 1.165) is 44.6 Å². The Morgan fingerprint density at radius 1 is 1.13 bits per heavy atom. The minimum Gasteiger partial charge on any atom is -0.497 e. The fourth-order valence-electron chi connectivity index (χ4n) is 4.02. The summed E-state index contributed by atoms with van der Waals surface area (Å²) in [6.45, 7) is 7.44. The SMILES string of the molecule is COc1ccc(CN2C(=O)CCC23CCN(C(C)C)CC3)cc1. The molecule has 0 radical (unpaired) electrons. The zero-order valence-electron chi connectivity index (χ0n) is 14.5. The largest absolute Gasteiger partial charge is 0.497 e. The van der Waals surface area contributed by atoms with E-state index in [1.165, 1.54) is 5.56 Å². The van der Waals surface area contributed by atoms with E-state index in [1.54, 1.807) is 7.11 Å². The normalized spacial score (nSPS) is 21.4. The first-order valence-electron chi connectivity index (χ1n) is 8.71. The molecule has 4 nitrogen and oxygen atoms in total. The van der Waals surface area contributed by atoms with Crippen molar-refractivity contribution in [3.8, 4) is 5.75 Å². The van der Waals surface area contributed by atoms with Crippen molar-refractivity contribution >= 4 is 5.91 Å². The summed E-state index contributed by atoms with van der Waals surface area (Å²) >= 11 is 0. The molecule has 0 aromatic heterocycles. The maximum Gasteiger partial charge on any atom is 0.223 e. The molecule has 3 rings (SSSR count). The number of amides is 1. The molecule has 0 unspecified atom stereocenters. The van der Waals surface area contributed by atoms with Crippen LogP contribution in [0.15, 0.2) is 24.3 Å². The Balaban J connectivity index is 1.72. The number of carbonyl (C=O) groups excluding carboxylic acids is 1. The smallest absolute Gasteiger partial charge is 0.223 e. The van der Waals surface area contributed by atoms with Crippen molar-refractivity contribution in [2.24, 2.45) is 0 Å². The molecular weight excluding hydrogens is 288 g/mol. The second kappa shape index (κ2) is 6.52. The Kier molecular flexibility index (Phi) is 4.62. The molecule has 2 aliphatic heterocycles. The predicted octanol–water partition coefficient (Wildman–Crippen LogP) is 3.06. The molecule has 0 N–H and O–H groups in total. The lowest BCUT2D eigenvalue weighted by Gasteiger charge is -2.46. The van der Waals surface area contributed by atoms with Gasteiger partial charge < -0.3 is 14.5 Å². The van der Waals surface area contributed by atoms with Gasteiger partial charge in [-0.05, 0) is 50.8 Å². The third-order valence-corrected chi connectivity index (χ3v) is 5.64. The van der Waals surface area contributed by atoms with Crippen LogP contribution in [0.1, 0.15) is 45.1 Å². The van der Waals surface area contributed by atoms with Crippen molar-refractivity contribution in [3.63, 3.8) is 0 Å². The summed E-state index contributed by atoms with van der Waals surface area (Å²) in [6.07, 6.45) is 3.94. The summed E-state index contributed by atoms with van der Waals surface area (Å²) in [6, 6.07) is 8.69. The number of likely N-dealkylation sites (tertiary alicyclic amines) is 2. The molecule has 0 bridgehead atoms. The molecule has 1 aromatic carbocycles. The Labute approximate surface area is 139 Å². The summed E-state index contributed by atoms with van der Waals surface area (Å²) in [5, 5.41) is 0. The van der Waals surface area contributed by atoms with Gasteiger partial charge >= 0.3 is 0 Å². The highest BCUT2D eigenvalue weighted by Gasteiger charge is 2.46. The first-order chi connectivity index (χ1) is 11.0. The Hall–Kier alpha value is -1.55. The van der Waals surface area contributed by atoms with Gasteiger partial charge in [-0.3, -0.25) is 4.79 Å². The van der Waals surface area contributed by atoms with Crippen LogP contribution < -0.4 is 4.74 Å². The van der Waals surface area contributed by atoms with E-state index in [-0.39, 0.29) is 5.54 Å². The number of methoxy groups -OCH3 is 1. The molecule has 1 amide bonds. The molecule has 23 heavy (non-hydrogen) atoms. The standard InChI is InChI=1S/C19H28N2O2/c1-15(2)20-12-10-19(11-13-20)9-8-18(22)21(19)14-16-4-6-17(23-3)7-5-16/h4-7,15H,8-14H2,1-3H3. The third kappa shape index (κ3) is 3.23. The lowest BCUT2D eigenvalue weighted by Crippen LogP contribution is -2.53. The van der Waals surface area contributed by atoms with E-state index in [1.807, 2.05) is 12.1 Å². The summed E-state index contributed by atoms with van der Waals surface area (Å²) in [7, 11) is 1.68. The number of benzene rings is 1. The van der Waals surface area contributed by atoms with E-state index >= 15 is 0 Å². The van der Waals surface area contributed by atoms with Gasteiger partial charge in [-0.25, -0.2) is 0 Å². The van der Waals surface area contributed by atoms with Gasteiger partial charge in [0.25, 0.3) is 0 Å². The van der Waals surface area contributed by atoms with E-state index in [4.69, 9.17) is 4.74 Å². The molecule has 0 aliphatic carbocycles. The van der Waals surface area contributed by atoms with Crippen molar-refractivity contribution in [2.45, 2.75) is 57.7 Å². The van der Waals surface area contributed by atoms with Crippen molar-refractivity contribution in [1.82, 2.24) is 9.80 Å². The number of rotatable bonds is 4. The maximum absolute atomic E-state index is 12.5. The van der Waals surface area contributed by atoms with Crippen molar-refractivity contribution in [1.29, 1.82) is 0 Å². The summed E-state index contributed by atoms with van der Waals surface area (Å²) in [4.78, 5) is 17.2. The first kappa shape index (κ1) is 16.3. The Morgan fingerprint density at radius 2 is 1.78 bits per heavy atom. The van der Waals surface area contributed by atoms with Crippen LogP contribution in [0.3, 0.4) is 0 Å². The van der Waals surface area contributed by atoms with Crippen molar-refractivity contribution in [3.05, 3.63) is 29.8 Å². The molecule has 0 atom stereocenters. The molecule has 126 valence electrons. The van der Waals surface area contributed by atoms with Gasteiger partial charge in [-0.15, -0.1) is 0 Å². The topological polar surface area (TPSA) is 32.8 Å². The van der Waals surface area contributed by atoms with Crippen molar-refractivity contribution in [2.75, 3.05) is 20.2 Å². The summed E-state index contributed by atoms with van der Waals surface area (Å²) in [5.41, 5.74) is 1.27. The number of carbonyl (C=O) groups is 1. The monoisotopic (exact) mass is 316 g/mol. The molecule has 1 aromatic rings. The summed E-state index contributed by atoms with van der Waals surface area (Å²) in [5.74, 6) is 1.18. The van der Waals surface area contributed by atoms with Gasteiger partial charge in [0.15, 0.2) is 0 Å². The van der Waals surface area contributed by atoms with Gasteiger partial charge in [0.05, 0.1) is 7.11 Å². The van der Waals surface area contributed by atoms with Crippen LogP contribution in [-0.2, 0) is 11.3 Å². The predicted molar refractivity (Wildman–Crippen MR) is 91.5 cm³/mol. The quantitative estimate of drug-likeness (QED) is 0.856. The van der Waals surface area contributed by atoms with Crippen LogP contribution in [0.4, 0.5) is 0 Å². The molecule has 0 saturated carbocycles. The van der Waals surface area contributed by atoms with Gasteiger partial charge in [0, 0.05) is 37.6 Å². The fraction of sp³-hybridized carbons (Fsp3) is 0.632. The minimum absolute atomic E-state index is 0.0857. The van der Waals surface area contributed by atoms with Crippen LogP contribution in [0.2, 0.25) is 0 Å². The Morgan fingerprint density at radius 3 is 2.35 bits per heavy atom. The van der Waals surface area contributed by atoms with Crippen LogP contribution in [0.5, 0.6) is 5.75 Å². The maximum atomic E-state index is 12.5. The van der Waals surface area contributed by atoms with Gasteiger partial charge in [-0.2, -0.15) is 0 Å². The number of piperidine rings is 1. The molecule has 2 fully saturated rings. The van der Waals surface area contributed by atoms with Gasteiger partial charge in [0.2, 0.25) is 5.91 Å². The fourth-order valence-corrected chi connectivity index (χ4v) is 4.02. The van der Waals surface area contributed by atoms with E-state index in [9.17, 15) is 4.79 Å².